The normalized spacial score (nSPS) is 12.6. The van der Waals surface area contributed by atoms with Gasteiger partial charge in [0.05, 0.1) is 0 Å². The van der Waals surface area contributed by atoms with Crippen LogP contribution in [0.2, 0.25) is 0 Å². The van der Waals surface area contributed by atoms with Crippen LogP contribution in [0, 0.1) is 0 Å². The van der Waals surface area contributed by atoms with Crippen LogP contribution < -0.4 is 5.32 Å². The zero-order valence-corrected chi connectivity index (χ0v) is 18.3. The molecule has 0 spiro atoms. The number of nitrogens with one attached hydrogen (secondary N) is 2. The minimum absolute atomic E-state index is 0.00833. The van der Waals surface area contributed by atoms with Gasteiger partial charge in [0.25, 0.3) is 5.91 Å². The smallest absolute Gasteiger partial charge is 0.355 e. The fourth-order valence-corrected chi connectivity index (χ4v) is 2.73. The summed E-state index contributed by atoms with van der Waals surface area (Å²) in [6.07, 6.45) is 4.90. The minimum Gasteiger partial charge on any atom is -0.455 e. The van der Waals surface area contributed by atoms with Crippen LogP contribution in [0.25, 0.3) is 0 Å². The number of esters is 1. The summed E-state index contributed by atoms with van der Waals surface area (Å²) in [4.78, 5) is 28.4. The molecule has 0 radical (unpaired) electrons. The molecular weight excluding hydrogens is 364 g/mol. The van der Waals surface area contributed by atoms with Crippen molar-refractivity contribution in [3.05, 3.63) is 71.2 Å². The average Bonchev–Trinajstić information content (AvgIpc) is 3.12. The van der Waals surface area contributed by atoms with Crippen molar-refractivity contribution in [1.82, 2.24) is 10.3 Å². The van der Waals surface area contributed by atoms with E-state index in [1.54, 1.807) is 39.0 Å². The molecule has 0 saturated carbocycles. The molecule has 2 N–H and O–H groups in total. The molecule has 156 valence electrons. The maximum atomic E-state index is 12.7. The number of benzene rings is 1. The maximum Gasteiger partial charge on any atom is 0.355 e. The van der Waals surface area contributed by atoms with Crippen molar-refractivity contribution in [1.29, 1.82) is 0 Å². The molecule has 0 aliphatic heterocycles. The highest BCUT2D eigenvalue weighted by atomic mass is 16.6. The molecule has 0 unspecified atom stereocenters. The van der Waals surface area contributed by atoms with Gasteiger partial charge in [0.1, 0.15) is 11.3 Å². The van der Waals surface area contributed by atoms with E-state index in [1.165, 1.54) is 0 Å². The highest BCUT2D eigenvalue weighted by molar-refractivity contribution is 6.01. The highest BCUT2D eigenvalue weighted by Gasteiger charge is 2.22. The Morgan fingerprint density at radius 3 is 2.21 bits per heavy atom. The second-order valence-electron chi connectivity index (χ2n) is 9.14. The van der Waals surface area contributed by atoms with Gasteiger partial charge in [-0.05, 0) is 68.9 Å². The quantitative estimate of drug-likeness (QED) is 0.539. The molecule has 1 amide bonds. The maximum absolute atomic E-state index is 12.7. The monoisotopic (exact) mass is 396 g/mol. The molecule has 0 atom stereocenters. The Morgan fingerprint density at radius 2 is 1.69 bits per heavy atom. The summed E-state index contributed by atoms with van der Waals surface area (Å²) in [5.41, 5.74) is 2.23. The Kier molecular flexibility index (Phi) is 7.07. The molecule has 1 aromatic heterocycles. The zero-order valence-electron chi connectivity index (χ0n) is 18.3. The number of hydrogen-bond acceptors (Lipinski definition) is 3. The van der Waals surface area contributed by atoms with Crippen LogP contribution in [-0.4, -0.2) is 22.5 Å². The fraction of sp³-hybridized carbons (Fsp3) is 0.417. The Balaban J connectivity index is 2.14. The molecule has 2 rings (SSSR count). The number of rotatable bonds is 6. The summed E-state index contributed by atoms with van der Waals surface area (Å²) in [7, 11) is 0. The van der Waals surface area contributed by atoms with Gasteiger partial charge in [-0.25, -0.2) is 4.79 Å². The average molecular weight is 397 g/mol. The first-order valence-electron chi connectivity index (χ1n) is 9.93. The molecule has 1 aromatic carbocycles. The third kappa shape index (κ3) is 7.26. The van der Waals surface area contributed by atoms with Gasteiger partial charge >= 0.3 is 5.97 Å². The molecule has 0 aliphatic rings. The van der Waals surface area contributed by atoms with E-state index in [-0.39, 0.29) is 17.0 Å². The number of aromatic nitrogens is 1. The molecule has 5 heteroatoms. The van der Waals surface area contributed by atoms with Crippen LogP contribution in [0.15, 0.2) is 54.4 Å². The van der Waals surface area contributed by atoms with Crippen molar-refractivity contribution in [2.75, 3.05) is 0 Å². The Bertz CT molecular complexity index is 849. The molecule has 1 heterocycles. The number of aromatic amines is 1. The summed E-state index contributed by atoms with van der Waals surface area (Å²) in [5.74, 6) is -0.869. The second-order valence-corrected chi connectivity index (χ2v) is 9.14. The zero-order chi connectivity index (χ0) is 21.7. The fourth-order valence-electron chi connectivity index (χ4n) is 2.73. The van der Waals surface area contributed by atoms with Gasteiger partial charge in [0.15, 0.2) is 0 Å². The van der Waals surface area contributed by atoms with Gasteiger partial charge in [-0.15, -0.1) is 0 Å². The van der Waals surface area contributed by atoms with Gasteiger partial charge in [-0.1, -0.05) is 39.0 Å². The van der Waals surface area contributed by atoms with E-state index < -0.39 is 11.6 Å². The first-order valence-corrected chi connectivity index (χ1v) is 9.93. The number of hydrogen-bond donors (Lipinski definition) is 2. The van der Waals surface area contributed by atoms with Crippen LogP contribution in [0.3, 0.4) is 0 Å². The number of ether oxygens (including phenoxy) is 1. The summed E-state index contributed by atoms with van der Waals surface area (Å²) in [6.45, 7) is 11.8. The summed E-state index contributed by atoms with van der Waals surface area (Å²) < 4.78 is 5.46. The van der Waals surface area contributed by atoms with E-state index in [4.69, 9.17) is 4.74 Å². The predicted molar refractivity (Wildman–Crippen MR) is 116 cm³/mol. The van der Waals surface area contributed by atoms with Crippen molar-refractivity contribution >= 4 is 11.9 Å². The number of carbonyl (C=O) groups is 2. The van der Waals surface area contributed by atoms with Gasteiger partial charge in [0.2, 0.25) is 0 Å². The van der Waals surface area contributed by atoms with E-state index in [2.05, 4.69) is 31.1 Å². The van der Waals surface area contributed by atoms with Gasteiger partial charge in [-0.3, -0.25) is 4.79 Å². The summed E-state index contributed by atoms with van der Waals surface area (Å²) >= 11 is 0. The minimum atomic E-state index is -0.644. The molecule has 2 aromatic rings. The largest absolute Gasteiger partial charge is 0.455 e. The molecule has 0 saturated heterocycles. The van der Waals surface area contributed by atoms with Crippen LogP contribution in [-0.2, 0) is 21.4 Å². The van der Waals surface area contributed by atoms with E-state index in [9.17, 15) is 9.59 Å². The molecule has 5 nitrogen and oxygen atoms in total. The number of amides is 1. The highest BCUT2D eigenvalue weighted by Crippen LogP contribution is 2.22. The van der Waals surface area contributed by atoms with E-state index in [1.807, 2.05) is 30.5 Å². The van der Waals surface area contributed by atoms with E-state index >= 15 is 0 Å². The molecule has 29 heavy (non-hydrogen) atoms. The van der Waals surface area contributed by atoms with Crippen LogP contribution >= 0.6 is 0 Å². The predicted octanol–water partition coefficient (Wildman–Crippen LogP) is 4.90. The Hall–Kier alpha value is -2.82. The van der Waals surface area contributed by atoms with E-state index in [0.717, 1.165) is 17.7 Å². The topological polar surface area (TPSA) is 71.2 Å². The lowest BCUT2D eigenvalue weighted by atomic mass is 9.87. The SMILES string of the molecule is CC(C)(C)OC(=O)/C(=C\CCc1ccc[nH]1)NC(=O)c1ccc(C(C)(C)C)cc1. The van der Waals surface area contributed by atoms with Crippen molar-refractivity contribution in [2.45, 2.75) is 65.4 Å². The van der Waals surface area contributed by atoms with Crippen molar-refractivity contribution in [2.24, 2.45) is 0 Å². The van der Waals surface area contributed by atoms with Crippen molar-refractivity contribution in [3.63, 3.8) is 0 Å². The van der Waals surface area contributed by atoms with Gasteiger partial charge < -0.3 is 15.0 Å². The van der Waals surface area contributed by atoms with Crippen LogP contribution in [0.1, 0.15) is 69.6 Å². The molecular formula is C24H32N2O3. The summed E-state index contributed by atoms with van der Waals surface area (Å²) in [6, 6.07) is 11.4. The summed E-state index contributed by atoms with van der Waals surface area (Å²) in [5, 5.41) is 2.73. The third-order valence-electron chi connectivity index (χ3n) is 4.30. The standard InChI is InChI=1S/C24H32N2O3/c1-23(2,3)18-14-12-17(13-15-18)21(27)26-20(22(28)29-24(4,5)6)11-7-9-19-10-8-16-25-19/h8,10-16,25H,7,9H2,1-6H3,(H,26,27)/b20-11+. The van der Waals surface area contributed by atoms with E-state index in [0.29, 0.717) is 12.0 Å². The van der Waals surface area contributed by atoms with Crippen molar-refractivity contribution < 1.29 is 14.3 Å². The first kappa shape index (κ1) is 22.5. The lowest BCUT2D eigenvalue weighted by Gasteiger charge is -2.21. The lowest BCUT2D eigenvalue weighted by Crippen LogP contribution is -2.33. The van der Waals surface area contributed by atoms with Crippen LogP contribution in [0.5, 0.6) is 0 Å². The second kappa shape index (κ2) is 9.12. The van der Waals surface area contributed by atoms with Gasteiger partial charge in [0, 0.05) is 17.5 Å². The number of aryl methyl sites for hydroxylation is 1. The number of allylic oxidation sites excluding steroid dienone is 1. The lowest BCUT2D eigenvalue weighted by molar-refractivity contribution is -0.150. The molecule has 0 bridgehead atoms. The molecule has 0 fully saturated rings. The number of H-pyrrole nitrogens is 1. The van der Waals surface area contributed by atoms with Crippen LogP contribution in [0.4, 0.5) is 0 Å². The number of carbonyl (C=O) groups excluding carboxylic acids is 2. The van der Waals surface area contributed by atoms with Gasteiger partial charge in [-0.2, -0.15) is 0 Å². The van der Waals surface area contributed by atoms with Crippen molar-refractivity contribution in [3.8, 4) is 0 Å². The molecule has 0 aliphatic carbocycles. The Labute approximate surface area is 173 Å². The Morgan fingerprint density at radius 1 is 1.03 bits per heavy atom. The third-order valence-corrected chi connectivity index (χ3v) is 4.30. The first-order chi connectivity index (χ1) is 13.5.